The molecule has 0 fully saturated rings. The standard InChI is InChI=1S/C6H7O4P.C2H6OS/c7-11(8,9)10-6-4-2-1-3-5-6;1-4(2)3/h1-5H,(H2,7,8,9);1-2H3. The fourth-order valence-electron chi connectivity index (χ4n) is 0.619. The van der Waals surface area contributed by atoms with Gasteiger partial charge in [0.25, 0.3) is 0 Å². The van der Waals surface area contributed by atoms with E-state index in [1.807, 2.05) is 0 Å². The van der Waals surface area contributed by atoms with Gasteiger partial charge in [-0.3, -0.25) is 14.0 Å². The van der Waals surface area contributed by atoms with E-state index >= 15 is 0 Å². The minimum Gasteiger partial charge on any atom is -0.404 e. The van der Waals surface area contributed by atoms with Crippen LogP contribution in [0.1, 0.15) is 0 Å². The third-order valence-electron chi connectivity index (χ3n) is 0.968. The zero-order chi connectivity index (χ0) is 11.9. The Kier molecular flexibility index (Phi) is 6.43. The second-order valence-electron chi connectivity index (χ2n) is 2.64. The lowest BCUT2D eigenvalue weighted by atomic mass is 10.3. The molecular weight excluding hydrogens is 239 g/mol. The lowest BCUT2D eigenvalue weighted by Gasteiger charge is -2.04. The van der Waals surface area contributed by atoms with Crippen LogP contribution in [0.15, 0.2) is 30.3 Å². The molecule has 1 rings (SSSR count). The molecular formula is C8H13O5PS. The van der Waals surface area contributed by atoms with Crippen molar-refractivity contribution < 1.29 is 23.1 Å². The molecule has 0 bridgehead atoms. The second kappa shape index (κ2) is 6.74. The summed E-state index contributed by atoms with van der Waals surface area (Å²) in [7, 11) is -5.00. The Labute approximate surface area is 90.8 Å². The number of phosphoric acid groups is 1. The Balaban J connectivity index is 0.000000423. The first-order valence-electron chi connectivity index (χ1n) is 3.86. The number of phosphoric ester groups is 1. The molecule has 0 aromatic heterocycles. The number of hydrogen-bond acceptors (Lipinski definition) is 3. The summed E-state index contributed by atoms with van der Waals surface area (Å²) in [5.74, 6) is 0.167. The van der Waals surface area contributed by atoms with Gasteiger partial charge in [-0.25, -0.2) is 4.57 Å². The number of rotatable bonds is 2. The molecule has 2 N–H and O–H groups in total. The van der Waals surface area contributed by atoms with Gasteiger partial charge < -0.3 is 4.52 Å². The van der Waals surface area contributed by atoms with Crippen molar-refractivity contribution in [3.63, 3.8) is 0 Å². The van der Waals surface area contributed by atoms with Crippen molar-refractivity contribution in [3.8, 4) is 5.75 Å². The molecule has 0 heterocycles. The first kappa shape index (κ1) is 14.3. The molecule has 86 valence electrons. The van der Waals surface area contributed by atoms with Gasteiger partial charge in [-0.2, -0.15) is 0 Å². The topological polar surface area (TPSA) is 83.8 Å². The van der Waals surface area contributed by atoms with Gasteiger partial charge in [0.15, 0.2) is 0 Å². The monoisotopic (exact) mass is 252 g/mol. The smallest absolute Gasteiger partial charge is 0.404 e. The van der Waals surface area contributed by atoms with Crippen LogP contribution < -0.4 is 4.52 Å². The highest BCUT2D eigenvalue weighted by Crippen LogP contribution is 2.36. The molecule has 15 heavy (non-hydrogen) atoms. The molecule has 7 heteroatoms. The van der Waals surface area contributed by atoms with Gasteiger partial charge >= 0.3 is 7.82 Å². The molecule has 0 radical (unpaired) electrons. The van der Waals surface area contributed by atoms with E-state index in [1.54, 1.807) is 30.7 Å². The number of para-hydroxylation sites is 1. The Morgan fingerprint density at radius 2 is 1.60 bits per heavy atom. The summed E-state index contributed by atoms with van der Waals surface area (Å²) in [6.07, 6.45) is 3.28. The van der Waals surface area contributed by atoms with Gasteiger partial charge in [0.05, 0.1) is 0 Å². The average molecular weight is 252 g/mol. The minimum atomic E-state index is -4.39. The maximum atomic E-state index is 10.3. The predicted octanol–water partition coefficient (Wildman–Crippen LogP) is 1.15. The normalized spacial score (nSPS) is 10.5. The summed E-state index contributed by atoms with van der Waals surface area (Å²) in [4.78, 5) is 16.7. The van der Waals surface area contributed by atoms with Crippen LogP contribution in [-0.4, -0.2) is 26.5 Å². The van der Waals surface area contributed by atoms with E-state index in [-0.39, 0.29) is 5.75 Å². The lowest BCUT2D eigenvalue weighted by Crippen LogP contribution is -1.88. The maximum Gasteiger partial charge on any atom is 0.524 e. The van der Waals surface area contributed by atoms with E-state index in [2.05, 4.69) is 4.52 Å². The number of hydrogen-bond donors (Lipinski definition) is 2. The van der Waals surface area contributed by atoms with Crippen LogP contribution in [0.25, 0.3) is 0 Å². The summed E-state index contributed by atoms with van der Waals surface area (Å²) < 4.78 is 24.1. The summed E-state index contributed by atoms with van der Waals surface area (Å²) in [5, 5.41) is 0. The highest BCUT2D eigenvalue weighted by atomic mass is 32.2. The van der Waals surface area contributed by atoms with Crippen molar-refractivity contribution in [2.75, 3.05) is 12.5 Å². The summed E-state index contributed by atoms with van der Waals surface area (Å²) >= 11 is 0. The molecule has 0 atom stereocenters. The van der Waals surface area contributed by atoms with Gasteiger partial charge in [-0.15, -0.1) is 0 Å². The van der Waals surface area contributed by atoms with E-state index in [1.165, 1.54) is 12.1 Å². The van der Waals surface area contributed by atoms with Crippen molar-refractivity contribution in [2.45, 2.75) is 0 Å². The van der Waals surface area contributed by atoms with Crippen LogP contribution in [-0.2, 0) is 15.4 Å². The second-order valence-corrected chi connectivity index (χ2v) is 5.28. The van der Waals surface area contributed by atoms with Crippen LogP contribution >= 0.6 is 7.82 Å². The van der Waals surface area contributed by atoms with Crippen LogP contribution in [0, 0.1) is 0 Å². The quantitative estimate of drug-likeness (QED) is 0.771. The zero-order valence-corrected chi connectivity index (χ0v) is 10.1. The van der Waals surface area contributed by atoms with Gasteiger partial charge in [0.2, 0.25) is 0 Å². The maximum absolute atomic E-state index is 10.3. The van der Waals surface area contributed by atoms with Crippen LogP contribution in [0.3, 0.4) is 0 Å². The Bertz CT molecular complexity index is 343. The number of benzene rings is 1. The lowest BCUT2D eigenvalue weighted by molar-refractivity contribution is 0.283. The molecule has 5 nitrogen and oxygen atoms in total. The minimum absolute atomic E-state index is 0.167. The third-order valence-corrected chi connectivity index (χ3v) is 1.42. The largest absolute Gasteiger partial charge is 0.524 e. The SMILES string of the molecule is CS(C)=O.O=P(O)(O)Oc1ccccc1. The third kappa shape index (κ3) is 11.2. The van der Waals surface area contributed by atoms with E-state index in [0.717, 1.165) is 0 Å². The molecule has 1 aromatic rings. The summed E-state index contributed by atoms with van der Waals surface area (Å²) in [6, 6.07) is 7.93. The average Bonchev–Trinajstić information content (AvgIpc) is 2.01. The van der Waals surface area contributed by atoms with Gasteiger partial charge in [-0.1, -0.05) is 18.2 Å². The molecule has 0 aliphatic carbocycles. The molecule has 1 aromatic carbocycles. The fraction of sp³-hybridized carbons (Fsp3) is 0.250. The van der Waals surface area contributed by atoms with E-state index in [0.29, 0.717) is 0 Å². The Hall–Kier alpha value is -0.680. The molecule has 0 amide bonds. The summed E-state index contributed by atoms with van der Waals surface area (Å²) in [6.45, 7) is 0. The first-order valence-corrected chi connectivity index (χ1v) is 7.36. The van der Waals surface area contributed by atoms with Crippen LogP contribution in [0.2, 0.25) is 0 Å². The van der Waals surface area contributed by atoms with Gasteiger partial charge in [0.1, 0.15) is 5.75 Å². The van der Waals surface area contributed by atoms with E-state index in [4.69, 9.17) is 9.79 Å². The summed E-state index contributed by atoms with van der Waals surface area (Å²) in [5.41, 5.74) is 0. The first-order chi connectivity index (χ1) is 6.81. The van der Waals surface area contributed by atoms with E-state index < -0.39 is 18.6 Å². The highest BCUT2D eigenvalue weighted by Gasteiger charge is 2.14. The Morgan fingerprint density at radius 1 is 1.20 bits per heavy atom. The fourth-order valence-corrected chi connectivity index (χ4v) is 1.02. The zero-order valence-electron chi connectivity index (χ0n) is 8.36. The molecule has 0 aliphatic rings. The molecule has 0 unspecified atom stereocenters. The van der Waals surface area contributed by atoms with Crippen molar-refractivity contribution in [2.24, 2.45) is 0 Å². The molecule has 0 saturated carbocycles. The van der Waals surface area contributed by atoms with Crippen molar-refractivity contribution in [1.82, 2.24) is 0 Å². The molecule has 0 saturated heterocycles. The van der Waals surface area contributed by atoms with Crippen molar-refractivity contribution in [3.05, 3.63) is 30.3 Å². The molecule has 0 aliphatic heterocycles. The van der Waals surface area contributed by atoms with E-state index in [9.17, 15) is 8.77 Å². The van der Waals surface area contributed by atoms with Gasteiger partial charge in [-0.05, 0) is 12.1 Å². The highest BCUT2D eigenvalue weighted by molar-refractivity contribution is 7.83. The van der Waals surface area contributed by atoms with Gasteiger partial charge in [0, 0.05) is 23.3 Å². The van der Waals surface area contributed by atoms with Crippen LogP contribution in [0.5, 0.6) is 5.75 Å². The predicted molar refractivity (Wildman–Crippen MR) is 59.1 cm³/mol. The molecule has 0 spiro atoms. The van der Waals surface area contributed by atoms with Crippen LogP contribution in [0.4, 0.5) is 0 Å². The Morgan fingerprint density at radius 3 is 1.93 bits per heavy atom. The van der Waals surface area contributed by atoms with Crippen molar-refractivity contribution >= 4 is 18.6 Å². The van der Waals surface area contributed by atoms with Crippen molar-refractivity contribution in [1.29, 1.82) is 0 Å².